The Morgan fingerprint density at radius 3 is 2.57 bits per heavy atom. The number of rotatable bonds is 1. The van der Waals surface area contributed by atoms with Crippen LogP contribution in [0.2, 0.25) is 0 Å². The maximum absolute atomic E-state index is 5.67. The maximum Gasteiger partial charge on any atom is 0.0481 e. The van der Waals surface area contributed by atoms with Gasteiger partial charge in [-0.15, -0.1) is 24.8 Å². The molecule has 0 saturated heterocycles. The van der Waals surface area contributed by atoms with E-state index in [1.54, 1.807) is 0 Å². The van der Waals surface area contributed by atoms with Gasteiger partial charge in [0.25, 0.3) is 0 Å². The fourth-order valence-electron chi connectivity index (χ4n) is 1.49. The number of aromatic nitrogens is 1. The topological polar surface area (TPSA) is 30.9 Å². The van der Waals surface area contributed by atoms with Gasteiger partial charge in [0, 0.05) is 29.3 Å². The molecule has 0 unspecified atom stereocenters. The highest BCUT2D eigenvalue weighted by atomic mass is 35.5. The zero-order valence-corrected chi connectivity index (χ0v) is 9.57. The smallest absolute Gasteiger partial charge is 0.0481 e. The summed E-state index contributed by atoms with van der Waals surface area (Å²) in [5.74, 6) is 0. The molecule has 0 aliphatic rings. The monoisotopic (exact) mass is 232 g/mol. The van der Waals surface area contributed by atoms with Crippen LogP contribution in [0.4, 0.5) is 5.69 Å². The SMILES string of the molecule is CCn1ccc2cc(N)ccc21.Cl.Cl. The van der Waals surface area contributed by atoms with Crippen LogP contribution in [0.5, 0.6) is 0 Å². The van der Waals surface area contributed by atoms with Gasteiger partial charge in [-0.05, 0) is 31.2 Å². The number of nitrogens with zero attached hydrogens (tertiary/aromatic N) is 1. The normalized spacial score (nSPS) is 9.21. The minimum Gasteiger partial charge on any atom is -0.399 e. The summed E-state index contributed by atoms with van der Waals surface area (Å²) in [6, 6.07) is 8.10. The van der Waals surface area contributed by atoms with Gasteiger partial charge in [0.1, 0.15) is 0 Å². The van der Waals surface area contributed by atoms with Crippen LogP contribution in [0.25, 0.3) is 10.9 Å². The van der Waals surface area contributed by atoms with Gasteiger partial charge in [0.15, 0.2) is 0 Å². The Balaban J connectivity index is 0.000000845. The molecule has 0 saturated carbocycles. The third-order valence-corrected chi connectivity index (χ3v) is 2.14. The number of nitrogen functional groups attached to an aromatic ring is 1. The van der Waals surface area contributed by atoms with Crippen molar-refractivity contribution in [3.05, 3.63) is 30.5 Å². The van der Waals surface area contributed by atoms with Crippen LogP contribution in [0.15, 0.2) is 30.5 Å². The van der Waals surface area contributed by atoms with E-state index in [2.05, 4.69) is 29.8 Å². The molecule has 0 fully saturated rings. The van der Waals surface area contributed by atoms with E-state index in [1.165, 1.54) is 10.9 Å². The number of halogens is 2. The van der Waals surface area contributed by atoms with E-state index in [1.807, 2.05) is 12.1 Å². The molecule has 0 radical (unpaired) electrons. The molecule has 4 heteroatoms. The third-order valence-electron chi connectivity index (χ3n) is 2.14. The fraction of sp³-hybridized carbons (Fsp3) is 0.200. The number of anilines is 1. The van der Waals surface area contributed by atoms with E-state index < -0.39 is 0 Å². The molecule has 78 valence electrons. The highest BCUT2D eigenvalue weighted by molar-refractivity contribution is 5.85. The summed E-state index contributed by atoms with van der Waals surface area (Å²) in [7, 11) is 0. The first-order valence-corrected chi connectivity index (χ1v) is 4.15. The Morgan fingerprint density at radius 2 is 1.93 bits per heavy atom. The molecule has 0 bridgehead atoms. The molecule has 0 atom stereocenters. The third kappa shape index (κ3) is 2.14. The van der Waals surface area contributed by atoms with Crippen molar-refractivity contribution in [3.63, 3.8) is 0 Å². The molecule has 1 aromatic heterocycles. The highest BCUT2D eigenvalue weighted by Crippen LogP contribution is 2.18. The number of fused-ring (bicyclic) bond motifs is 1. The number of nitrogens with two attached hydrogens (primary N) is 1. The Bertz CT molecular complexity index is 409. The Labute approximate surface area is 95.9 Å². The predicted octanol–water partition coefficient (Wildman–Crippen LogP) is 3.09. The second kappa shape index (κ2) is 5.13. The van der Waals surface area contributed by atoms with Crippen molar-refractivity contribution < 1.29 is 0 Å². The summed E-state index contributed by atoms with van der Waals surface area (Å²) < 4.78 is 2.20. The lowest BCUT2D eigenvalue weighted by atomic mass is 10.2. The summed E-state index contributed by atoms with van der Waals surface area (Å²) in [5, 5.41) is 1.22. The molecule has 0 spiro atoms. The summed E-state index contributed by atoms with van der Waals surface area (Å²) in [6.07, 6.45) is 2.09. The second-order valence-electron chi connectivity index (χ2n) is 2.92. The lowest BCUT2D eigenvalue weighted by Crippen LogP contribution is -1.90. The highest BCUT2D eigenvalue weighted by Gasteiger charge is 1.97. The Hall–Kier alpha value is -0.860. The number of hydrogen-bond acceptors (Lipinski definition) is 1. The predicted molar refractivity (Wildman–Crippen MR) is 66.5 cm³/mol. The van der Waals surface area contributed by atoms with E-state index in [4.69, 9.17) is 5.73 Å². The van der Waals surface area contributed by atoms with Gasteiger partial charge in [-0.1, -0.05) is 0 Å². The van der Waals surface area contributed by atoms with Crippen LogP contribution in [0, 0.1) is 0 Å². The largest absolute Gasteiger partial charge is 0.399 e. The van der Waals surface area contributed by atoms with Crippen LogP contribution in [0.1, 0.15) is 6.92 Å². The molecular formula is C10H14Cl2N2. The molecule has 1 heterocycles. The lowest BCUT2D eigenvalue weighted by molar-refractivity contribution is 0.798. The average Bonchev–Trinajstić information content (AvgIpc) is 2.46. The van der Waals surface area contributed by atoms with Gasteiger partial charge >= 0.3 is 0 Å². The van der Waals surface area contributed by atoms with Gasteiger partial charge in [0.2, 0.25) is 0 Å². The molecule has 1 aromatic carbocycles. The lowest BCUT2D eigenvalue weighted by Gasteiger charge is -1.99. The van der Waals surface area contributed by atoms with E-state index in [0.29, 0.717) is 0 Å². The minimum absolute atomic E-state index is 0. The fourth-order valence-corrected chi connectivity index (χ4v) is 1.49. The average molecular weight is 233 g/mol. The molecular weight excluding hydrogens is 219 g/mol. The van der Waals surface area contributed by atoms with E-state index in [9.17, 15) is 0 Å². The van der Waals surface area contributed by atoms with Gasteiger partial charge in [-0.3, -0.25) is 0 Å². The number of aryl methyl sites for hydroxylation is 1. The second-order valence-corrected chi connectivity index (χ2v) is 2.92. The van der Waals surface area contributed by atoms with Crippen molar-refractivity contribution in [2.75, 3.05) is 5.73 Å². The standard InChI is InChI=1S/C10H12N2.2ClH/c1-2-12-6-5-8-7-9(11)3-4-10(8)12;;/h3-7H,2,11H2,1H3;2*1H. The Morgan fingerprint density at radius 1 is 1.21 bits per heavy atom. The molecule has 0 aliphatic carbocycles. The van der Waals surface area contributed by atoms with Gasteiger partial charge in [-0.25, -0.2) is 0 Å². The van der Waals surface area contributed by atoms with Crippen molar-refractivity contribution in [2.24, 2.45) is 0 Å². The van der Waals surface area contributed by atoms with Gasteiger partial charge in [-0.2, -0.15) is 0 Å². The van der Waals surface area contributed by atoms with Crippen molar-refractivity contribution >= 4 is 41.4 Å². The van der Waals surface area contributed by atoms with Gasteiger partial charge < -0.3 is 10.3 Å². The molecule has 0 aliphatic heterocycles. The molecule has 2 N–H and O–H groups in total. The van der Waals surface area contributed by atoms with Gasteiger partial charge in [0.05, 0.1) is 0 Å². The van der Waals surface area contributed by atoms with Crippen LogP contribution in [0.3, 0.4) is 0 Å². The zero-order chi connectivity index (χ0) is 8.55. The minimum atomic E-state index is 0. The van der Waals surface area contributed by atoms with Crippen molar-refractivity contribution in [3.8, 4) is 0 Å². The van der Waals surface area contributed by atoms with Crippen molar-refractivity contribution in [1.82, 2.24) is 4.57 Å². The van der Waals surface area contributed by atoms with E-state index in [-0.39, 0.29) is 24.8 Å². The summed E-state index contributed by atoms with van der Waals surface area (Å²) in [5.41, 5.74) is 7.75. The first kappa shape index (κ1) is 13.1. The first-order valence-electron chi connectivity index (χ1n) is 4.15. The maximum atomic E-state index is 5.67. The molecule has 2 nitrogen and oxygen atoms in total. The molecule has 2 aromatic rings. The van der Waals surface area contributed by atoms with Crippen molar-refractivity contribution in [2.45, 2.75) is 13.5 Å². The van der Waals surface area contributed by atoms with Crippen LogP contribution in [-0.2, 0) is 6.54 Å². The zero-order valence-electron chi connectivity index (χ0n) is 7.93. The van der Waals surface area contributed by atoms with E-state index in [0.717, 1.165) is 12.2 Å². The molecule has 2 rings (SSSR count). The summed E-state index contributed by atoms with van der Waals surface area (Å²) in [6.45, 7) is 3.14. The quantitative estimate of drug-likeness (QED) is 0.754. The molecule has 14 heavy (non-hydrogen) atoms. The Kier molecular flexibility index (Phi) is 4.81. The van der Waals surface area contributed by atoms with Crippen molar-refractivity contribution in [1.29, 1.82) is 0 Å². The summed E-state index contributed by atoms with van der Waals surface area (Å²) >= 11 is 0. The number of benzene rings is 1. The summed E-state index contributed by atoms with van der Waals surface area (Å²) in [4.78, 5) is 0. The number of hydrogen-bond donors (Lipinski definition) is 1. The van der Waals surface area contributed by atoms with E-state index >= 15 is 0 Å². The van der Waals surface area contributed by atoms with Crippen LogP contribution < -0.4 is 5.73 Å². The molecule has 0 amide bonds. The van der Waals surface area contributed by atoms with Crippen LogP contribution >= 0.6 is 24.8 Å². The van der Waals surface area contributed by atoms with Crippen LogP contribution in [-0.4, -0.2) is 4.57 Å². The first-order chi connectivity index (χ1) is 5.81.